The van der Waals surface area contributed by atoms with Gasteiger partial charge in [-0.15, -0.1) is 0 Å². The fraction of sp³-hybridized carbons (Fsp3) is 0.0714. The number of hydrogen-bond donors (Lipinski definition) is 0. The number of rotatable bonds is 4. The lowest BCUT2D eigenvalue weighted by Crippen LogP contribution is -1.96. The van der Waals surface area contributed by atoms with Gasteiger partial charge in [-0.3, -0.25) is 4.79 Å². The van der Waals surface area contributed by atoms with Gasteiger partial charge >= 0.3 is 0 Å². The van der Waals surface area contributed by atoms with Crippen molar-refractivity contribution >= 4 is 16.1 Å². The summed E-state index contributed by atoms with van der Waals surface area (Å²) < 4.78 is 41.5. The number of aldehydes is 1. The summed E-state index contributed by atoms with van der Waals surface area (Å²) in [6, 6.07) is 9.45. The maximum Gasteiger partial charge on any atom is 0.175 e. The summed E-state index contributed by atoms with van der Waals surface area (Å²) in [6.45, 7) is 0. The molecule has 6 heteroatoms. The van der Waals surface area contributed by atoms with E-state index in [1.807, 2.05) is 0 Å². The molecule has 2 rings (SSSR count). The molecule has 104 valence electrons. The molecule has 0 aliphatic heterocycles. The summed E-state index contributed by atoms with van der Waals surface area (Å²) in [5.41, 5.74) is 0.210. The van der Waals surface area contributed by atoms with Gasteiger partial charge in [0.2, 0.25) is 0 Å². The highest BCUT2D eigenvalue weighted by atomic mass is 32.2. The molecule has 0 amide bonds. The number of benzene rings is 2. The van der Waals surface area contributed by atoms with E-state index in [9.17, 15) is 17.6 Å². The van der Waals surface area contributed by atoms with Crippen molar-refractivity contribution in [2.45, 2.75) is 4.90 Å². The Morgan fingerprint density at radius 3 is 2.25 bits per heavy atom. The molecule has 2 aromatic carbocycles. The van der Waals surface area contributed by atoms with Crippen LogP contribution in [0.1, 0.15) is 10.4 Å². The third-order valence-corrected chi connectivity index (χ3v) is 3.70. The van der Waals surface area contributed by atoms with Gasteiger partial charge in [0.05, 0.1) is 4.90 Å². The first-order valence-electron chi connectivity index (χ1n) is 5.63. The van der Waals surface area contributed by atoms with Crippen LogP contribution in [0, 0.1) is 5.82 Å². The fourth-order valence-corrected chi connectivity index (χ4v) is 2.19. The van der Waals surface area contributed by atoms with Crippen molar-refractivity contribution in [3.05, 3.63) is 53.8 Å². The van der Waals surface area contributed by atoms with Crippen molar-refractivity contribution in [2.24, 2.45) is 0 Å². The average molecular weight is 294 g/mol. The Kier molecular flexibility index (Phi) is 3.85. The number of halogens is 1. The van der Waals surface area contributed by atoms with Gasteiger partial charge in [-0.1, -0.05) is 0 Å². The lowest BCUT2D eigenvalue weighted by molar-refractivity contribution is 0.112. The van der Waals surface area contributed by atoms with Crippen LogP contribution < -0.4 is 4.74 Å². The Bertz CT molecular complexity index is 736. The van der Waals surface area contributed by atoms with Crippen molar-refractivity contribution in [3.8, 4) is 11.5 Å². The number of carbonyl (C=O) groups is 1. The van der Waals surface area contributed by atoms with E-state index < -0.39 is 15.7 Å². The van der Waals surface area contributed by atoms with Gasteiger partial charge in [0.25, 0.3) is 0 Å². The standard InChI is InChI=1S/C14H11FO4S/c1-20(17,18)12-5-3-11(4-6-12)19-14-7-2-10(9-16)8-13(14)15/h2-9H,1H3. The maximum absolute atomic E-state index is 13.6. The Morgan fingerprint density at radius 2 is 1.75 bits per heavy atom. The summed E-state index contributed by atoms with van der Waals surface area (Å²) in [5.74, 6) is -0.403. The topological polar surface area (TPSA) is 60.4 Å². The van der Waals surface area contributed by atoms with Crippen LogP contribution in [0.2, 0.25) is 0 Å². The van der Waals surface area contributed by atoms with Crippen LogP contribution in [0.5, 0.6) is 11.5 Å². The third kappa shape index (κ3) is 3.21. The molecule has 0 aliphatic carbocycles. The monoisotopic (exact) mass is 294 g/mol. The fourth-order valence-electron chi connectivity index (χ4n) is 1.56. The Morgan fingerprint density at radius 1 is 1.10 bits per heavy atom. The van der Waals surface area contributed by atoms with E-state index >= 15 is 0 Å². The average Bonchev–Trinajstić information content (AvgIpc) is 2.40. The van der Waals surface area contributed by atoms with Crippen LogP contribution in [-0.4, -0.2) is 21.0 Å². The van der Waals surface area contributed by atoms with Gasteiger partial charge in [-0.2, -0.15) is 0 Å². The van der Waals surface area contributed by atoms with Crippen LogP contribution in [-0.2, 0) is 9.84 Å². The molecule has 0 heterocycles. The zero-order valence-corrected chi connectivity index (χ0v) is 11.4. The maximum atomic E-state index is 13.6. The van der Waals surface area contributed by atoms with Crippen molar-refractivity contribution < 1.29 is 22.3 Å². The second-order valence-electron chi connectivity index (χ2n) is 4.15. The van der Waals surface area contributed by atoms with E-state index in [0.29, 0.717) is 12.0 Å². The van der Waals surface area contributed by atoms with Crippen LogP contribution in [0.3, 0.4) is 0 Å². The minimum absolute atomic E-state index is 0.0392. The highest BCUT2D eigenvalue weighted by Crippen LogP contribution is 2.25. The molecular formula is C14H11FO4S. The molecule has 0 aromatic heterocycles. The third-order valence-electron chi connectivity index (χ3n) is 2.57. The molecule has 0 fully saturated rings. The smallest absolute Gasteiger partial charge is 0.175 e. The summed E-state index contributed by atoms with van der Waals surface area (Å²) >= 11 is 0. The quantitative estimate of drug-likeness (QED) is 0.814. The van der Waals surface area contributed by atoms with Gasteiger partial charge < -0.3 is 4.74 Å². The van der Waals surface area contributed by atoms with E-state index in [0.717, 1.165) is 12.3 Å². The largest absolute Gasteiger partial charge is 0.454 e. The van der Waals surface area contributed by atoms with Gasteiger partial charge in [0.1, 0.15) is 12.0 Å². The highest BCUT2D eigenvalue weighted by molar-refractivity contribution is 7.90. The van der Waals surface area contributed by atoms with Crippen LogP contribution >= 0.6 is 0 Å². The minimum atomic E-state index is -3.28. The predicted molar refractivity (Wildman–Crippen MR) is 71.4 cm³/mol. The first-order valence-corrected chi connectivity index (χ1v) is 7.52. The number of sulfone groups is 1. The number of carbonyl (C=O) groups excluding carboxylic acids is 1. The predicted octanol–water partition coefficient (Wildman–Crippen LogP) is 2.83. The zero-order valence-electron chi connectivity index (χ0n) is 10.5. The van der Waals surface area contributed by atoms with Crippen molar-refractivity contribution in [2.75, 3.05) is 6.26 Å². The van der Waals surface area contributed by atoms with E-state index in [2.05, 4.69) is 0 Å². The molecule has 4 nitrogen and oxygen atoms in total. The first-order chi connectivity index (χ1) is 9.40. The van der Waals surface area contributed by atoms with Crippen molar-refractivity contribution in [1.29, 1.82) is 0 Å². The molecule has 0 spiro atoms. The van der Waals surface area contributed by atoms with E-state index in [4.69, 9.17) is 4.74 Å². The van der Waals surface area contributed by atoms with E-state index in [1.54, 1.807) is 0 Å². The molecular weight excluding hydrogens is 283 g/mol. The lowest BCUT2D eigenvalue weighted by atomic mass is 10.2. The number of hydrogen-bond acceptors (Lipinski definition) is 4. The molecule has 0 saturated heterocycles. The molecule has 0 N–H and O–H groups in total. The second-order valence-corrected chi connectivity index (χ2v) is 6.17. The normalized spacial score (nSPS) is 11.1. The molecule has 0 radical (unpaired) electrons. The lowest BCUT2D eigenvalue weighted by Gasteiger charge is -2.07. The Labute approximate surface area is 115 Å². The molecule has 20 heavy (non-hydrogen) atoms. The Balaban J connectivity index is 2.24. The summed E-state index contributed by atoms with van der Waals surface area (Å²) in [5, 5.41) is 0. The molecule has 0 atom stereocenters. The SMILES string of the molecule is CS(=O)(=O)c1ccc(Oc2ccc(C=O)cc2F)cc1. The summed E-state index contributed by atoms with van der Waals surface area (Å²) in [4.78, 5) is 10.6. The van der Waals surface area contributed by atoms with E-state index in [-0.39, 0.29) is 16.2 Å². The van der Waals surface area contributed by atoms with Crippen LogP contribution in [0.15, 0.2) is 47.4 Å². The molecule has 2 aromatic rings. The van der Waals surface area contributed by atoms with Gasteiger partial charge in [-0.05, 0) is 42.5 Å². The van der Waals surface area contributed by atoms with Gasteiger partial charge in [0.15, 0.2) is 21.4 Å². The van der Waals surface area contributed by atoms with Crippen molar-refractivity contribution in [1.82, 2.24) is 0 Å². The van der Waals surface area contributed by atoms with Crippen molar-refractivity contribution in [3.63, 3.8) is 0 Å². The molecule has 0 saturated carbocycles. The zero-order chi connectivity index (χ0) is 14.8. The Hall–Kier alpha value is -2.21. The minimum Gasteiger partial charge on any atom is -0.454 e. The highest BCUT2D eigenvalue weighted by Gasteiger charge is 2.09. The summed E-state index contributed by atoms with van der Waals surface area (Å²) in [6.07, 6.45) is 1.63. The van der Waals surface area contributed by atoms with Gasteiger partial charge in [-0.25, -0.2) is 12.8 Å². The van der Waals surface area contributed by atoms with Gasteiger partial charge in [0, 0.05) is 11.8 Å². The molecule has 0 unspecified atom stereocenters. The summed E-state index contributed by atoms with van der Waals surface area (Å²) in [7, 11) is -3.28. The number of ether oxygens (including phenoxy) is 1. The molecule has 0 aliphatic rings. The molecule has 0 bridgehead atoms. The van der Waals surface area contributed by atoms with E-state index in [1.165, 1.54) is 36.4 Å². The van der Waals surface area contributed by atoms with Crippen LogP contribution in [0.25, 0.3) is 0 Å². The second kappa shape index (κ2) is 5.42. The van der Waals surface area contributed by atoms with Crippen LogP contribution in [0.4, 0.5) is 4.39 Å². The first kappa shape index (κ1) is 14.2.